The summed E-state index contributed by atoms with van der Waals surface area (Å²) in [7, 11) is 0. The van der Waals surface area contributed by atoms with Crippen LogP contribution in [0.15, 0.2) is 54.7 Å². The maximum absolute atomic E-state index is 11.8. The number of carbonyl (C=O) groups excluding carboxylic acids is 1. The predicted molar refractivity (Wildman–Crippen MR) is 96.3 cm³/mol. The Morgan fingerprint density at radius 3 is 2.84 bits per heavy atom. The second kappa shape index (κ2) is 6.84. The summed E-state index contributed by atoms with van der Waals surface area (Å²) < 4.78 is 5.25. The Hall–Kier alpha value is -3.02. The maximum Gasteiger partial charge on any atom is 0.407 e. The van der Waals surface area contributed by atoms with Crippen LogP contribution in [0.4, 0.5) is 10.5 Å². The van der Waals surface area contributed by atoms with E-state index >= 15 is 0 Å². The number of ether oxygens (including phenoxy) is 1. The van der Waals surface area contributed by atoms with Crippen molar-refractivity contribution in [2.24, 2.45) is 0 Å². The van der Waals surface area contributed by atoms with E-state index in [1.807, 2.05) is 48.7 Å². The van der Waals surface area contributed by atoms with E-state index in [1.54, 1.807) is 0 Å². The Morgan fingerprint density at radius 1 is 1.16 bits per heavy atom. The van der Waals surface area contributed by atoms with Crippen LogP contribution < -0.4 is 10.6 Å². The van der Waals surface area contributed by atoms with Crippen LogP contribution in [0.1, 0.15) is 18.4 Å². The van der Waals surface area contributed by atoms with Crippen molar-refractivity contribution < 1.29 is 9.53 Å². The first-order valence-electron chi connectivity index (χ1n) is 8.43. The van der Waals surface area contributed by atoms with Crippen LogP contribution in [0.25, 0.3) is 10.9 Å². The van der Waals surface area contributed by atoms with Gasteiger partial charge in [0.25, 0.3) is 0 Å². The molecule has 4 rings (SSSR count). The zero-order valence-corrected chi connectivity index (χ0v) is 13.7. The van der Waals surface area contributed by atoms with Gasteiger partial charge in [-0.15, -0.1) is 0 Å². The zero-order valence-electron chi connectivity index (χ0n) is 13.7. The fourth-order valence-electron chi connectivity index (χ4n) is 3.05. The van der Waals surface area contributed by atoms with Crippen LogP contribution in [0.5, 0.6) is 0 Å². The molecule has 6 nitrogen and oxygen atoms in total. The molecule has 25 heavy (non-hydrogen) atoms. The lowest BCUT2D eigenvalue weighted by molar-refractivity contribution is 0.129. The minimum atomic E-state index is -0.355. The largest absolute Gasteiger partial charge is 0.445 e. The molecule has 1 fully saturated rings. The van der Waals surface area contributed by atoms with Crippen molar-refractivity contribution in [2.45, 2.75) is 31.5 Å². The number of nitrogens with zero attached hydrogens (tertiary/aromatic N) is 1. The molecule has 0 bridgehead atoms. The lowest BCUT2D eigenvalue weighted by atomic mass is 9.86. The summed E-state index contributed by atoms with van der Waals surface area (Å²) in [6, 6.07) is 16.3. The van der Waals surface area contributed by atoms with E-state index < -0.39 is 0 Å². The number of aromatic amines is 1. The quantitative estimate of drug-likeness (QED) is 0.667. The number of amides is 1. The molecule has 6 heteroatoms. The highest BCUT2D eigenvalue weighted by molar-refractivity contribution is 5.81. The molecule has 1 heterocycles. The van der Waals surface area contributed by atoms with Gasteiger partial charge in [-0.05, 0) is 36.6 Å². The van der Waals surface area contributed by atoms with Gasteiger partial charge in [0.1, 0.15) is 6.61 Å². The van der Waals surface area contributed by atoms with E-state index in [0.29, 0.717) is 12.6 Å². The van der Waals surface area contributed by atoms with Gasteiger partial charge in [-0.1, -0.05) is 30.3 Å². The summed E-state index contributed by atoms with van der Waals surface area (Å²) in [6.07, 6.45) is 3.23. The topological polar surface area (TPSA) is 79.0 Å². The van der Waals surface area contributed by atoms with Crippen molar-refractivity contribution in [3.63, 3.8) is 0 Å². The summed E-state index contributed by atoms with van der Waals surface area (Å²) in [5.41, 5.74) is 3.07. The Bertz CT molecular complexity index is 856. The summed E-state index contributed by atoms with van der Waals surface area (Å²) in [6.45, 7) is 0.297. The van der Waals surface area contributed by atoms with Crippen molar-refractivity contribution in [3.05, 3.63) is 60.3 Å². The molecule has 128 valence electrons. The van der Waals surface area contributed by atoms with Crippen molar-refractivity contribution in [2.75, 3.05) is 5.32 Å². The number of rotatable bonds is 5. The number of aromatic nitrogens is 2. The minimum Gasteiger partial charge on any atom is -0.445 e. The van der Waals surface area contributed by atoms with E-state index in [-0.39, 0.29) is 12.1 Å². The fraction of sp³-hybridized carbons (Fsp3) is 0.263. The third kappa shape index (κ3) is 3.74. The predicted octanol–water partition coefficient (Wildman–Crippen LogP) is 3.43. The molecule has 0 radical (unpaired) electrons. The lowest BCUT2D eigenvalue weighted by Crippen LogP contribution is -2.49. The van der Waals surface area contributed by atoms with E-state index in [9.17, 15) is 4.79 Å². The van der Waals surface area contributed by atoms with Gasteiger partial charge in [-0.25, -0.2) is 4.79 Å². The first-order valence-corrected chi connectivity index (χ1v) is 8.43. The van der Waals surface area contributed by atoms with Gasteiger partial charge in [0, 0.05) is 23.2 Å². The molecule has 0 spiro atoms. The normalized spacial score (nSPS) is 19.2. The second-order valence-corrected chi connectivity index (χ2v) is 6.39. The van der Waals surface area contributed by atoms with Gasteiger partial charge in [0.05, 0.1) is 11.7 Å². The number of H-pyrrole nitrogens is 1. The Morgan fingerprint density at radius 2 is 2.00 bits per heavy atom. The summed E-state index contributed by atoms with van der Waals surface area (Å²) in [5.74, 6) is 0. The van der Waals surface area contributed by atoms with E-state index in [1.165, 1.54) is 0 Å². The summed E-state index contributed by atoms with van der Waals surface area (Å²) in [4.78, 5) is 11.8. The highest BCUT2D eigenvalue weighted by atomic mass is 16.5. The summed E-state index contributed by atoms with van der Waals surface area (Å²) >= 11 is 0. The molecule has 1 aliphatic rings. The molecule has 1 aliphatic carbocycles. The number of nitrogens with one attached hydrogen (secondary N) is 3. The van der Waals surface area contributed by atoms with Gasteiger partial charge in [0.2, 0.25) is 0 Å². The number of fused-ring (bicyclic) bond motifs is 1. The lowest BCUT2D eigenvalue weighted by Gasteiger charge is -2.36. The van der Waals surface area contributed by atoms with Gasteiger partial charge >= 0.3 is 6.09 Å². The van der Waals surface area contributed by atoms with Crippen LogP contribution in [0, 0.1) is 0 Å². The van der Waals surface area contributed by atoms with Gasteiger partial charge in [0.15, 0.2) is 0 Å². The standard InChI is InChI=1S/C19H20N4O2/c24-19(25-12-13-4-2-1-3-5-13)22-17-8-16(9-17)21-15-7-6-14-11-20-23-18(14)10-15/h1-7,10-11,16-17,21H,8-9,12H2,(H,20,23)(H,22,24). The van der Waals surface area contributed by atoms with Gasteiger partial charge < -0.3 is 15.4 Å². The van der Waals surface area contributed by atoms with E-state index in [0.717, 1.165) is 35.0 Å². The van der Waals surface area contributed by atoms with Crippen molar-refractivity contribution >= 4 is 22.7 Å². The SMILES string of the molecule is O=C(NC1CC(Nc2ccc3cn[nH]c3c2)C1)OCc1ccccc1. The van der Waals surface area contributed by atoms with Gasteiger partial charge in [-0.3, -0.25) is 5.10 Å². The number of alkyl carbamates (subject to hydrolysis) is 1. The molecule has 0 aliphatic heterocycles. The molecule has 0 unspecified atom stereocenters. The van der Waals surface area contributed by atoms with Crippen molar-refractivity contribution in [1.82, 2.24) is 15.5 Å². The smallest absolute Gasteiger partial charge is 0.407 e. The summed E-state index contributed by atoms with van der Waals surface area (Å²) in [5, 5.41) is 14.5. The highest BCUT2D eigenvalue weighted by Gasteiger charge is 2.30. The molecule has 3 aromatic rings. The van der Waals surface area contributed by atoms with Crippen LogP contribution in [-0.2, 0) is 11.3 Å². The molecule has 1 amide bonds. The maximum atomic E-state index is 11.8. The van der Waals surface area contributed by atoms with E-state index in [4.69, 9.17) is 4.74 Å². The molecular weight excluding hydrogens is 316 g/mol. The first-order chi connectivity index (χ1) is 12.3. The molecular formula is C19H20N4O2. The first kappa shape index (κ1) is 15.5. The Kier molecular flexibility index (Phi) is 4.24. The fourth-order valence-corrected chi connectivity index (χ4v) is 3.05. The number of anilines is 1. The molecule has 0 saturated heterocycles. The number of benzene rings is 2. The second-order valence-electron chi connectivity index (χ2n) is 6.39. The minimum absolute atomic E-state index is 0.164. The van der Waals surface area contributed by atoms with Crippen LogP contribution in [-0.4, -0.2) is 28.4 Å². The third-order valence-corrected chi connectivity index (χ3v) is 4.49. The molecule has 3 N–H and O–H groups in total. The van der Waals surface area contributed by atoms with Crippen LogP contribution >= 0.6 is 0 Å². The number of hydrogen-bond donors (Lipinski definition) is 3. The Labute approximate surface area is 145 Å². The zero-order chi connectivity index (χ0) is 17.1. The monoisotopic (exact) mass is 336 g/mol. The average Bonchev–Trinajstić information content (AvgIpc) is 3.07. The van der Waals surface area contributed by atoms with Crippen LogP contribution in [0.3, 0.4) is 0 Å². The Balaban J connectivity index is 1.20. The van der Waals surface area contributed by atoms with E-state index in [2.05, 4.69) is 26.9 Å². The number of hydrogen-bond acceptors (Lipinski definition) is 4. The van der Waals surface area contributed by atoms with Crippen molar-refractivity contribution in [1.29, 1.82) is 0 Å². The number of carbonyl (C=O) groups is 1. The molecule has 1 saturated carbocycles. The van der Waals surface area contributed by atoms with Crippen LogP contribution in [0.2, 0.25) is 0 Å². The highest BCUT2D eigenvalue weighted by Crippen LogP contribution is 2.26. The molecule has 0 atom stereocenters. The third-order valence-electron chi connectivity index (χ3n) is 4.49. The molecule has 1 aromatic heterocycles. The molecule has 2 aromatic carbocycles. The van der Waals surface area contributed by atoms with Gasteiger partial charge in [-0.2, -0.15) is 5.10 Å². The average molecular weight is 336 g/mol. The van der Waals surface area contributed by atoms with Crippen molar-refractivity contribution in [3.8, 4) is 0 Å².